The van der Waals surface area contributed by atoms with Gasteiger partial charge in [0.25, 0.3) is 5.91 Å². The van der Waals surface area contributed by atoms with Crippen LogP contribution in [0, 0.1) is 0 Å². The van der Waals surface area contributed by atoms with Crippen LogP contribution in [0.25, 0.3) is 0 Å². The molecule has 118 valence electrons. The fourth-order valence-electron chi connectivity index (χ4n) is 1.55. The van der Waals surface area contributed by atoms with E-state index in [-0.39, 0.29) is 18.3 Å². The number of methoxy groups -OCH3 is 1. The number of urea groups is 1. The monoisotopic (exact) mass is 316 g/mol. The highest BCUT2D eigenvalue weighted by Crippen LogP contribution is 2.10. The average molecular weight is 317 g/mol. The van der Waals surface area contributed by atoms with Gasteiger partial charge >= 0.3 is 6.03 Å². The van der Waals surface area contributed by atoms with Gasteiger partial charge in [-0.25, -0.2) is 4.79 Å². The van der Waals surface area contributed by atoms with Gasteiger partial charge in [0.05, 0.1) is 6.61 Å². The number of rotatable bonds is 8. The Kier molecular flexibility index (Phi) is 9.95. The number of ether oxygens (including phenoxy) is 1. The number of hydrogen-bond acceptors (Lipinski definition) is 4. The van der Waals surface area contributed by atoms with E-state index in [1.807, 2.05) is 0 Å². The van der Waals surface area contributed by atoms with Crippen LogP contribution in [0.15, 0.2) is 24.3 Å². The fourth-order valence-corrected chi connectivity index (χ4v) is 1.55. The van der Waals surface area contributed by atoms with Crippen molar-refractivity contribution in [2.75, 3.05) is 38.7 Å². The molecule has 0 heterocycles. The highest BCUT2D eigenvalue weighted by molar-refractivity contribution is 5.96. The van der Waals surface area contributed by atoms with Gasteiger partial charge in [0, 0.05) is 38.0 Å². The summed E-state index contributed by atoms with van der Waals surface area (Å²) in [5, 5.41) is 8.31. The van der Waals surface area contributed by atoms with Gasteiger partial charge in [0.15, 0.2) is 0 Å². The Morgan fingerprint density at radius 3 is 2.67 bits per heavy atom. The van der Waals surface area contributed by atoms with E-state index < -0.39 is 6.03 Å². The van der Waals surface area contributed by atoms with Gasteiger partial charge in [-0.15, -0.1) is 12.4 Å². The third kappa shape index (κ3) is 8.13. The molecule has 0 aliphatic heterocycles. The zero-order chi connectivity index (χ0) is 14.8. The molecule has 0 spiro atoms. The molecule has 7 nitrogen and oxygen atoms in total. The smallest absolute Gasteiger partial charge is 0.316 e. The highest BCUT2D eigenvalue weighted by atomic mass is 35.5. The molecule has 8 heteroatoms. The number of benzene rings is 1. The first kappa shape index (κ1) is 19.2. The number of primary amides is 1. The first-order chi connectivity index (χ1) is 9.63. The van der Waals surface area contributed by atoms with Gasteiger partial charge in [-0.05, 0) is 18.2 Å². The van der Waals surface area contributed by atoms with Crippen molar-refractivity contribution in [1.82, 2.24) is 10.6 Å². The van der Waals surface area contributed by atoms with E-state index in [0.717, 1.165) is 6.54 Å². The Morgan fingerprint density at radius 2 is 2.00 bits per heavy atom. The van der Waals surface area contributed by atoms with Crippen molar-refractivity contribution in [3.8, 4) is 0 Å². The zero-order valence-corrected chi connectivity index (χ0v) is 12.7. The predicted octanol–water partition coefficient (Wildman–Crippen LogP) is 0.565. The van der Waals surface area contributed by atoms with Crippen molar-refractivity contribution >= 4 is 30.0 Å². The van der Waals surface area contributed by atoms with Crippen molar-refractivity contribution in [2.24, 2.45) is 5.73 Å². The fraction of sp³-hybridized carbons (Fsp3) is 0.385. The van der Waals surface area contributed by atoms with Crippen molar-refractivity contribution in [1.29, 1.82) is 0 Å². The lowest BCUT2D eigenvalue weighted by molar-refractivity contribution is 0.0953. The van der Waals surface area contributed by atoms with Crippen LogP contribution in [0.1, 0.15) is 10.4 Å². The van der Waals surface area contributed by atoms with E-state index in [1.54, 1.807) is 31.4 Å². The van der Waals surface area contributed by atoms with E-state index in [1.165, 1.54) is 0 Å². The van der Waals surface area contributed by atoms with Crippen molar-refractivity contribution < 1.29 is 14.3 Å². The molecule has 0 unspecified atom stereocenters. The minimum atomic E-state index is -0.662. The molecule has 0 atom stereocenters. The first-order valence-corrected chi connectivity index (χ1v) is 6.28. The number of halogens is 1. The second kappa shape index (κ2) is 10.9. The van der Waals surface area contributed by atoms with Crippen LogP contribution in [-0.2, 0) is 4.74 Å². The number of hydrogen-bond donors (Lipinski definition) is 4. The molecule has 0 aliphatic carbocycles. The van der Waals surface area contributed by atoms with Gasteiger partial charge in [0.1, 0.15) is 0 Å². The minimum absolute atomic E-state index is 0. The quantitative estimate of drug-likeness (QED) is 0.526. The summed E-state index contributed by atoms with van der Waals surface area (Å²) in [6.07, 6.45) is 0. The molecular formula is C13H21ClN4O3. The van der Waals surface area contributed by atoms with E-state index in [4.69, 9.17) is 10.5 Å². The van der Waals surface area contributed by atoms with Crippen LogP contribution in [0.4, 0.5) is 10.5 Å². The third-order valence-electron chi connectivity index (χ3n) is 2.46. The van der Waals surface area contributed by atoms with Crippen LogP contribution in [0.3, 0.4) is 0 Å². The SMILES string of the molecule is COCCNCCNC(=O)c1cccc(NC(N)=O)c1.Cl. The molecule has 0 saturated heterocycles. The molecular weight excluding hydrogens is 296 g/mol. The molecule has 0 bridgehead atoms. The van der Waals surface area contributed by atoms with Gasteiger partial charge in [-0.3, -0.25) is 4.79 Å². The first-order valence-electron chi connectivity index (χ1n) is 6.28. The average Bonchev–Trinajstić information content (AvgIpc) is 2.42. The maximum absolute atomic E-state index is 11.9. The Bertz CT molecular complexity index is 457. The van der Waals surface area contributed by atoms with Crippen LogP contribution in [0.5, 0.6) is 0 Å². The maximum atomic E-state index is 11.9. The van der Waals surface area contributed by atoms with E-state index in [0.29, 0.717) is 30.9 Å². The summed E-state index contributed by atoms with van der Waals surface area (Å²) >= 11 is 0. The van der Waals surface area contributed by atoms with Gasteiger partial charge in [0.2, 0.25) is 0 Å². The minimum Gasteiger partial charge on any atom is -0.383 e. The summed E-state index contributed by atoms with van der Waals surface area (Å²) < 4.78 is 4.89. The zero-order valence-electron chi connectivity index (χ0n) is 11.8. The number of amides is 3. The lowest BCUT2D eigenvalue weighted by atomic mass is 10.2. The Balaban J connectivity index is 0.00000400. The summed E-state index contributed by atoms with van der Waals surface area (Å²) in [6.45, 7) is 2.55. The lowest BCUT2D eigenvalue weighted by Crippen LogP contribution is -2.33. The summed E-state index contributed by atoms with van der Waals surface area (Å²) in [6, 6.07) is 5.91. The Morgan fingerprint density at radius 1 is 1.24 bits per heavy atom. The van der Waals surface area contributed by atoms with Gasteiger partial charge in [-0.1, -0.05) is 6.07 Å². The predicted molar refractivity (Wildman–Crippen MR) is 84.0 cm³/mol. The highest BCUT2D eigenvalue weighted by Gasteiger charge is 2.06. The Hall–Kier alpha value is -1.83. The lowest BCUT2D eigenvalue weighted by Gasteiger charge is -2.08. The molecule has 1 aromatic rings. The molecule has 3 amide bonds. The van der Waals surface area contributed by atoms with E-state index >= 15 is 0 Å². The van der Waals surface area contributed by atoms with E-state index in [9.17, 15) is 9.59 Å². The van der Waals surface area contributed by atoms with Crippen molar-refractivity contribution in [2.45, 2.75) is 0 Å². The maximum Gasteiger partial charge on any atom is 0.316 e. The third-order valence-corrected chi connectivity index (χ3v) is 2.46. The summed E-state index contributed by atoms with van der Waals surface area (Å²) in [4.78, 5) is 22.6. The molecule has 5 N–H and O–H groups in total. The van der Waals surface area contributed by atoms with Crippen molar-refractivity contribution in [3.05, 3.63) is 29.8 Å². The van der Waals surface area contributed by atoms with Crippen LogP contribution in [-0.4, -0.2) is 45.3 Å². The number of nitrogens with one attached hydrogen (secondary N) is 3. The van der Waals surface area contributed by atoms with Crippen LogP contribution >= 0.6 is 12.4 Å². The molecule has 1 aromatic carbocycles. The Labute approximate surface area is 130 Å². The molecule has 0 saturated carbocycles. The molecule has 0 aromatic heterocycles. The van der Waals surface area contributed by atoms with Gasteiger partial charge in [-0.2, -0.15) is 0 Å². The number of carbonyl (C=O) groups is 2. The molecule has 1 rings (SSSR count). The number of nitrogens with two attached hydrogens (primary N) is 1. The topological polar surface area (TPSA) is 105 Å². The van der Waals surface area contributed by atoms with Crippen molar-refractivity contribution in [3.63, 3.8) is 0 Å². The largest absolute Gasteiger partial charge is 0.383 e. The molecule has 21 heavy (non-hydrogen) atoms. The standard InChI is InChI=1S/C13H20N4O3.ClH/c1-20-8-7-15-5-6-16-12(18)10-3-2-4-11(9-10)17-13(14)19;/h2-4,9,15H,5-8H2,1H3,(H,16,18)(H3,14,17,19);1H. The summed E-state index contributed by atoms with van der Waals surface area (Å²) in [7, 11) is 1.64. The summed E-state index contributed by atoms with van der Waals surface area (Å²) in [5.41, 5.74) is 5.97. The number of anilines is 1. The molecule has 0 aliphatic rings. The normalized spacial score (nSPS) is 9.57. The molecule has 0 fully saturated rings. The van der Waals surface area contributed by atoms with Gasteiger partial charge < -0.3 is 26.4 Å². The molecule has 0 radical (unpaired) electrons. The second-order valence-corrected chi connectivity index (χ2v) is 4.07. The number of carbonyl (C=O) groups excluding carboxylic acids is 2. The van der Waals surface area contributed by atoms with Crippen LogP contribution in [0.2, 0.25) is 0 Å². The second-order valence-electron chi connectivity index (χ2n) is 4.07. The summed E-state index contributed by atoms with van der Waals surface area (Å²) in [5.74, 6) is -0.202. The van der Waals surface area contributed by atoms with Crippen LogP contribution < -0.4 is 21.7 Å². The van der Waals surface area contributed by atoms with E-state index in [2.05, 4.69) is 16.0 Å².